The molecule has 0 aromatic heterocycles. The quantitative estimate of drug-likeness (QED) is 0.754. The molecular formula is C16H12BrF2NO4. The van der Waals surface area contributed by atoms with Crippen LogP contribution in [0.3, 0.4) is 0 Å². The van der Waals surface area contributed by atoms with Gasteiger partial charge in [0.05, 0.1) is 12.8 Å². The molecule has 0 aliphatic carbocycles. The standard InChI is InChI=1S/C16H12BrF2NO4/c1-23-14-4-9(7-21)2-3-13(14)24-8-15(22)20-16-11(17)5-10(18)6-12(16)19/h2-7H,8H2,1H3,(H,20,22). The number of carbonyl (C=O) groups excluding carboxylic acids is 2. The average Bonchev–Trinajstić information content (AvgIpc) is 2.56. The van der Waals surface area contributed by atoms with Crippen LogP contribution in [-0.4, -0.2) is 25.9 Å². The van der Waals surface area contributed by atoms with Gasteiger partial charge in [0, 0.05) is 16.1 Å². The lowest BCUT2D eigenvalue weighted by Gasteiger charge is -2.12. The van der Waals surface area contributed by atoms with E-state index in [9.17, 15) is 18.4 Å². The molecule has 1 N–H and O–H groups in total. The van der Waals surface area contributed by atoms with Gasteiger partial charge < -0.3 is 14.8 Å². The number of rotatable bonds is 6. The van der Waals surface area contributed by atoms with Gasteiger partial charge in [0.25, 0.3) is 5.91 Å². The number of ether oxygens (including phenoxy) is 2. The zero-order chi connectivity index (χ0) is 17.7. The number of anilines is 1. The van der Waals surface area contributed by atoms with Gasteiger partial charge in [-0.1, -0.05) is 0 Å². The average molecular weight is 400 g/mol. The van der Waals surface area contributed by atoms with Crippen molar-refractivity contribution in [3.63, 3.8) is 0 Å². The summed E-state index contributed by atoms with van der Waals surface area (Å²) in [5.41, 5.74) is 0.203. The lowest BCUT2D eigenvalue weighted by molar-refractivity contribution is -0.118. The first kappa shape index (κ1) is 17.9. The Hall–Kier alpha value is -2.48. The molecule has 0 aliphatic rings. The normalized spacial score (nSPS) is 10.2. The SMILES string of the molecule is COc1cc(C=O)ccc1OCC(=O)Nc1c(F)cc(F)cc1Br. The molecule has 24 heavy (non-hydrogen) atoms. The lowest BCUT2D eigenvalue weighted by Crippen LogP contribution is -2.21. The second-order valence-electron chi connectivity index (χ2n) is 4.61. The van der Waals surface area contributed by atoms with Crippen LogP contribution >= 0.6 is 15.9 Å². The van der Waals surface area contributed by atoms with E-state index >= 15 is 0 Å². The van der Waals surface area contributed by atoms with Gasteiger partial charge in [-0.3, -0.25) is 9.59 Å². The third kappa shape index (κ3) is 4.29. The summed E-state index contributed by atoms with van der Waals surface area (Å²) in [5, 5.41) is 2.29. The van der Waals surface area contributed by atoms with Crippen LogP contribution in [0.15, 0.2) is 34.8 Å². The van der Waals surface area contributed by atoms with E-state index in [1.807, 2.05) is 0 Å². The molecule has 0 spiro atoms. The topological polar surface area (TPSA) is 64.6 Å². The Balaban J connectivity index is 2.05. The van der Waals surface area contributed by atoms with E-state index in [1.54, 1.807) is 0 Å². The van der Waals surface area contributed by atoms with E-state index in [4.69, 9.17) is 9.47 Å². The Morgan fingerprint density at radius 2 is 2.00 bits per heavy atom. The summed E-state index contributed by atoms with van der Waals surface area (Å²) >= 11 is 2.97. The van der Waals surface area contributed by atoms with Crippen molar-refractivity contribution < 1.29 is 27.8 Å². The number of carbonyl (C=O) groups is 2. The highest BCUT2D eigenvalue weighted by Gasteiger charge is 2.14. The van der Waals surface area contributed by atoms with Crippen LogP contribution in [0.5, 0.6) is 11.5 Å². The van der Waals surface area contributed by atoms with Crippen LogP contribution in [0.1, 0.15) is 10.4 Å². The molecule has 1 amide bonds. The Morgan fingerprint density at radius 1 is 1.25 bits per heavy atom. The number of amides is 1. The third-order valence-corrected chi connectivity index (χ3v) is 3.58. The smallest absolute Gasteiger partial charge is 0.262 e. The fourth-order valence-corrected chi connectivity index (χ4v) is 2.36. The third-order valence-electron chi connectivity index (χ3n) is 2.95. The first-order valence-corrected chi connectivity index (χ1v) is 7.44. The Labute approximate surface area is 144 Å². The highest BCUT2D eigenvalue weighted by atomic mass is 79.9. The first-order chi connectivity index (χ1) is 11.4. The van der Waals surface area contributed by atoms with E-state index in [1.165, 1.54) is 25.3 Å². The van der Waals surface area contributed by atoms with E-state index in [0.29, 0.717) is 17.9 Å². The van der Waals surface area contributed by atoms with Crippen molar-refractivity contribution in [1.82, 2.24) is 0 Å². The number of aldehydes is 1. The molecule has 0 radical (unpaired) electrons. The molecule has 0 atom stereocenters. The number of benzene rings is 2. The van der Waals surface area contributed by atoms with Gasteiger partial charge in [-0.2, -0.15) is 0 Å². The summed E-state index contributed by atoms with van der Waals surface area (Å²) in [7, 11) is 1.39. The van der Waals surface area contributed by atoms with Crippen LogP contribution in [0.2, 0.25) is 0 Å². The van der Waals surface area contributed by atoms with Crippen LogP contribution in [0, 0.1) is 11.6 Å². The highest BCUT2D eigenvalue weighted by molar-refractivity contribution is 9.10. The van der Waals surface area contributed by atoms with Crippen molar-refractivity contribution in [2.45, 2.75) is 0 Å². The van der Waals surface area contributed by atoms with Gasteiger partial charge in [0.15, 0.2) is 23.9 Å². The monoisotopic (exact) mass is 399 g/mol. The van der Waals surface area contributed by atoms with Gasteiger partial charge in [-0.15, -0.1) is 0 Å². The summed E-state index contributed by atoms with van der Waals surface area (Å²) in [6.07, 6.45) is 0.647. The molecule has 0 unspecified atom stereocenters. The molecule has 8 heteroatoms. The minimum atomic E-state index is -0.914. The minimum absolute atomic E-state index is 0.0706. The summed E-state index contributed by atoms with van der Waals surface area (Å²) in [6.45, 7) is -0.431. The van der Waals surface area contributed by atoms with Gasteiger partial charge >= 0.3 is 0 Å². The number of halogens is 3. The largest absolute Gasteiger partial charge is 0.493 e. The van der Waals surface area contributed by atoms with Crippen LogP contribution in [-0.2, 0) is 4.79 Å². The lowest BCUT2D eigenvalue weighted by atomic mass is 10.2. The number of hydrogen-bond donors (Lipinski definition) is 1. The van der Waals surface area contributed by atoms with Crippen LogP contribution < -0.4 is 14.8 Å². The Bertz CT molecular complexity index is 760. The molecular weight excluding hydrogens is 388 g/mol. The van der Waals surface area contributed by atoms with Gasteiger partial charge in [0.1, 0.15) is 12.1 Å². The summed E-state index contributed by atoms with van der Waals surface area (Å²) < 4.78 is 37.1. The van der Waals surface area contributed by atoms with Crippen molar-refractivity contribution >= 4 is 33.8 Å². The van der Waals surface area contributed by atoms with Crippen molar-refractivity contribution in [2.24, 2.45) is 0 Å². The fraction of sp³-hybridized carbons (Fsp3) is 0.125. The van der Waals surface area contributed by atoms with Gasteiger partial charge in [-0.05, 0) is 40.2 Å². The molecule has 5 nitrogen and oxygen atoms in total. The van der Waals surface area contributed by atoms with E-state index < -0.39 is 24.1 Å². The molecule has 0 fully saturated rings. The van der Waals surface area contributed by atoms with E-state index in [-0.39, 0.29) is 21.7 Å². The molecule has 0 saturated heterocycles. The van der Waals surface area contributed by atoms with Crippen molar-refractivity contribution in [3.05, 3.63) is 52.0 Å². The van der Waals surface area contributed by atoms with Crippen LogP contribution in [0.4, 0.5) is 14.5 Å². The number of methoxy groups -OCH3 is 1. The summed E-state index contributed by atoms with van der Waals surface area (Å²) in [6, 6.07) is 6.11. The second-order valence-corrected chi connectivity index (χ2v) is 5.46. The number of nitrogens with one attached hydrogen (secondary N) is 1. The van der Waals surface area contributed by atoms with Gasteiger partial charge in [-0.25, -0.2) is 8.78 Å². The maximum atomic E-state index is 13.7. The van der Waals surface area contributed by atoms with Gasteiger partial charge in [0.2, 0.25) is 0 Å². The molecule has 2 aromatic carbocycles. The summed E-state index contributed by atoms with van der Waals surface area (Å²) in [4.78, 5) is 22.6. The predicted molar refractivity (Wildman–Crippen MR) is 86.6 cm³/mol. The Morgan fingerprint density at radius 3 is 2.62 bits per heavy atom. The molecule has 0 aliphatic heterocycles. The fourth-order valence-electron chi connectivity index (χ4n) is 1.86. The predicted octanol–water partition coefficient (Wildman–Crippen LogP) is 3.57. The van der Waals surface area contributed by atoms with Crippen molar-refractivity contribution in [3.8, 4) is 11.5 Å². The van der Waals surface area contributed by atoms with Crippen LogP contribution in [0.25, 0.3) is 0 Å². The summed E-state index contributed by atoms with van der Waals surface area (Å²) in [5.74, 6) is -1.81. The number of hydrogen-bond acceptors (Lipinski definition) is 4. The maximum absolute atomic E-state index is 13.7. The minimum Gasteiger partial charge on any atom is -0.493 e. The molecule has 0 bridgehead atoms. The van der Waals surface area contributed by atoms with Crippen molar-refractivity contribution in [2.75, 3.05) is 19.0 Å². The van der Waals surface area contributed by atoms with E-state index in [0.717, 1.165) is 6.07 Å². The first-order valence-electron chi connectivity index (χ1n) is 6.65. The Kier molecular flexibility index (Phi) is 5.86. The molecule has 0 heterocycles. The zero-order valence-electron chi connectivity index (χ0n) is 12.4. The second kappa shape index (κ2) is 7.87. The highest BCUT2D eigenvalue weighted by Crippen LogP contribution is 2.28. The molecule has 126 valence electrons. The zero-order valence-corrected chi connectivity index (χ0v) is 14.0. The van der Waals surface area contributed by atoms with Crippen molar-refractivity contribution in [1.29, 1.82) is 0 Å². The molecule has 0 saturated carbocycles. The molecule has 2 aromatic rings. The van der Waals surface area contributed by atoms with E-state index in [2.05, 4.69) is 21.2 Å². The maximum Gasteiger partial charge on any atom is 0.262 e. The molecule has 2 rings (SSSR count).